The SMILES string of the molecule is Cc1cc(N2CC(N(C)Cc3cn4ccccc4n3)C2)ncn1. The molecule has 0 saturated carbocycles. The van der Waals surface area contributed by atoms with Crippen molar-refractivity contribution in [3.8, 4) is 0 Å². The Kier molecular flexibility index (Phi) is 3.46. The maximum atomic E-state index is 4.67. The Morgan fingerprint density at radius 3 is 2.91 bits per heavy atom. The molecule has 0 aromatic carbocycles. The number of imidazole rings is 1. The van der Waals surface area contributed by atoms with Crippen molar-refractivity contribution >= 4 is 11.5 Å². The number of aromatic nitrogens is 4. The highest BCUT2D eigenvalue weighted by molar-refractivity contribution is 5.43. The third kappa shape index (κ3) is 2.77. The molecule has 1 saturated heterocycles. The van der Waals surface area contributed by atoms with E-state index in [2.05, 4.69) is 42.4 Å². The van der Waals surface area contributed by atoms with E-state index in [4.69, 9.17) is 0 Å². The number of rotatable bonds is 4. The smallest absolute Gasteiger partial charge is 0.137 e. The zero-order chi connectivity index (χ0) is 15.8. The van der Waals surface area contributed by atoms with Crippen LogP contribution in [0, 0.1) is 6.92 Å². The first-order valence-corrected chi connectivity index (χ1v) is 7.85. The first kappa shape index (κ1) is 14.1. The molecule has 0 radical (unpaired) electrons. The van der Waals surface area contributed by atoms with Crippen LogP contribution in [0.5, 0.6) is 0 Å². The highest BCUT2D eigenvalue weighted by Gasteiger charge is 2.31. The van der Waals surface area contributed by atoms with E-state index in [1.54, 1.807) is 6.33 Å². The van der Waals surface area contributed by atoms with E-state index >= 15 is 0 Å². The molecule has 0 amide bonds. The third-order valence-electron chi connectivity index (χ3n) is 4.42. The summed E-state index contributed by atoms with van der Waals surface area (Å²) in [4.78, 5) is 17.8. The first-order valence-electron chi connectivity index (χ1n) is 7.85. The zero-order valence-corrected chi connectivity index (χ0v) is 13.4. The van der Waals surface area contributed by atoms with Gasteiger partial charge in [0.05, 0.1) is 5.69 Å². The van der Waals surface area contributed by atoms with E-state index in [1.807, 2.05) is 37.4 Å². The van der Waals surface area contributed by atoms with Crippen LogP contribution in [0.25, 0.3) is 5.65 Å². The quantitative estimate of drug-likeness (QED) is 0.735. The molecule has 6 nitrogen and oxygen atoms in total. The molecule has 0 unspecified atom stereocenters. The maximum absolute atomic E-state index is 4.67. The van der Waals surface area contributed by atoms with E-state index in [9.17, 15) is 0 Å². The van der Waals surface area contributed by atoms with E-state index in [-0.39, 0.29) is 0 Å². The lowest BCUT2D eigenvalue weighted by Gasteiger charge is -2.44. The molecule has 4 heterocycles. The normalized spacial score (nSPS) is 15.3. The van der Waals surface area contributed by atoms with Crippen molar-refractivity contribution < 1.29 is 0 Å². The number of pyridine rings is 1. The van der Waals surface area contributed by atoms with Gasteiger partial charge in [0.25, 0.3) is 0 Å². The molecule has 6 heteroatoms. The Labute approximate surface area is 135 Å². The van der Waals surface area contributed by atoms with Crippen LogP contribution >= 0.6 is 0 Å². The van der Waals surface area contributed by atoms with Gasteiger partial charge in [0.15, 0.2) is 0 Å². The van der Waals surface area contributed by atoms with Gasteiger partial charge in [-0.15, -0.1) is 0 Å². The predicted octanol–water partition coefficient (Wildman–Crippen LogP) is 1.75. The average molecular weight is 308 g/mol. The first-order chi connectivity index (χ1) is 11.2. The number of anilines is 1. The fourth-order valence-corrected chi connectivity index (χ4v) is 2.98. The molecular formula is C17H20N6. The van der Waals surface area contributed by atoms with Gasteiger partial charge in [0, 0.05) is 49.8 Å². The molecule has 3 aromatic rings. The summed E-state index contributed by atoms with van der Waals surface area (Å²) in [6, 6.07) is 8.65. The number of nitrogens with zero attached hydrogens (tertiary/aromatic N) is 6. The summed E-state index contributed by atoms with van der Waals surface area (Å²) < 4.78 is 2.07. The van der Waals surface area contributed by atoms with E-state index in [0.717, 1.165) is 42.5 Å². The number of fused-ring (bicyclic) bond motifs is 1. The number of hydrogen-bond acceptors (Lipinski definition) is 5. The van der Waals surface area contributed by atoms with E-state index in [1.165, 1.54) is 0 Å². The average Bonchev–Trinajstić information content (AvgIpc) is 2.87. The number of hydrogen-bond donors (Lipinski definition) is 0. The molecule has 0 spiro atoms. The standard InChI is InChI=1S/C17H20N6/c1-13-7-17(19-12-18-13)23-10-15(11-23)21(2)8-14-9-22-6-4-3-5-16(22)20-14/h3-7,9,12,15H,8,10-11H2,1-2H3. The summed E-state index contributed by atoms with van der Waals surface area (Å²) in [5, 5.41) is 0. The van der Waals surface area contributed by atoms with Crippen molar-refractivity contribution in [1.29, 1.82) is 0 Å². The van der Waals surface area contributed by atoms with Gasteiger partial charge in [0.1, 0.15) is 17.8 Å². The van der Waals surface area contributed by atoms with Gasteiger partial charge < -0.3 is 9.30 Å². The Morgan fingerprint density at radius 1 is 1.26 bits per heavy atom. The van der Waals surface area contributed by atoms with Crippen molar-refractivity contribution in [2.24, 2.45) is 0 Å². The summed E-state index contributed by atoms with van der Waals surface area (Å²) in [5.74, 6) is 1.02. The van der Waals surface area contributed by atoms with Gasteiger partial charge in [0.2, 0.25) is 0 Å². The lowest BCUT2D eigenvalue weighted by atomic mass is 10.1. The fraction of sp³-hybridized carbons (Fsp3) is 0.353. The predicted molar refractivity (Wildman–Crippen MR) is 89.4 cm³/mol. The Bertz CT molecular complexity index is 788. The van der Waals surface area contributed by atoms with Crippen molar-refractivity contribution in [2.75, 3.05) is 25.0 Å². The molecule has 1 aliphatic rings. The fourth-order valence-electron chi connectivity index (χ4n) is 2.98. The topological polar surface area (TPSA) is 49.6 Å². The van der Waals surface area contributed by atoms with Crippen LogP contribution in [-0.2, 0) is 6.54 Å². The lowest BCUT2D eigenvalue weighted by molar-refractivity contribution is 0.195. The van der Waals surface area contributed by atoms with Crippen molar-refractivity contribution in [2.45, 2.75) is 19.5 Å². The van der Waals surface area contributed by atoms with Crippen molar-refractivity contribution in [3.05, 3.63) is 54.4 Å². The van der Waals surface area contributed by atoms with Crippen LogP contribution in [0.15, 0.2) is 43.0 Å². The molecule has 0 N–H and O–H groups in total. The highest BCUT2D eigenvalue weighted by atomic mass is 15.3. The van der Waals surface area contributed by atoms with Crippen LogP contribution in [0.2, 0.25) is 0 Å². The molecule has 23 heavy (non-hydrogen) atoms. The van der Waals surface area contributed by atoms with Gasteiger partial charge in [-0.05, 0) is 26.1 Å². The minimum absolute atomic E-state index is 0.537. The van der Waals surface area contributed by atoms with Crippen LogP contribution in [0.3, 0.4) is 0 Å². The summed E-state index contributed by atoms with van der Waals surface area (Å²) in [5.41, 5.74) is 3.12. The second kappa shape index (κ2) is 5.62. The van der Waals surface area contributed by atoms with Crippen LogP contribution < -0.4 is 4.90 Å². The third-order valence-corrected chi connectivity index (χ3v) is 4.42. The van der Waals surface area contributed by atoms with Crippen LogP contribution in [0.4, 0.5) is 5.82 Å². The number of aryl methyl sites for hydroxylation is 1. The summed E-state index contributed by atoms with van der Waals surface area (Å²) in [6.07, 6.45) is 5.78. The van der Waals surface area contributed by atoms with Crippen LogP contribution in [-0.4, -0.2) is 50.4 Å². The Morgan fingerprint density at radius 2 is 2.13 bits per heavy atom. The van der Waals surface area contributed by atoms with Gasteiger partial charge >= 0.3 is 0 Å². The largest absolute Gasteiger partial charge is 0.353 e. The molecule has 0 aliphatic carbocycles. The molecule has 118 valence electrons. The second-order valence-electron chi connectivity index (χ2n) is 6.19. The minimum Gasteiger partial charge on any atom is -0.353 e. The van der Waals surface area contributed by atoms with Gasteiger partial charge in [-0.25, -0.2) is 15.0 Å². The molecule has 0 bridgehead atoms. The van der Waals surface area contributed by atoms with Gasteiger partial charge in [-0.3, -0.25) is 4.90 Å². The Hall–Kier alpha value is -2.47. The lowest BCUT2D eigenvalue weighted by Crippen LogP contribution is -2.58. The molecular weight excluding hydrogens is 288 g/mol. The zero-order valence-electron chi connectivity index (χ0n) is 13.4. The molecule has 1 aliphatic heterocycles. The maximum Gasteiger partial charge on any atom is 0.137 e. The second-order valence-corrected chi connectivity index (χ2v) is 6.19. The molecule has 0 atom stereocenters. The highest BCUT2D eigenvalue weighted by Crippen LogP contribution is 2.22. The monoisotopic (exact) mass is 308 g/mol. The summed E-state index contributed by atoms with van der Waals surface area (Å²) in [7, 11) is 2.16. The van der Waals surface area contributed by atoms with Gasteiger partial charge in [-0.1, -0.05) is 6.07 Å². The van der Waals surface area contributed by atoms with Crippen molar-refractivity contribution in [3.63, 3.8) is 0 Å². The summed E-state index contributed by atoms with van der Waals surface area (Å²) >= 11 is 0. The molecule has 3 aromatic heterocycles. The molecule has 4 rings (SSSR count). The molecule has 1 fully saturated rings. The summed E-state index contributed by atoms with van der Waals surface area (Å²) in [6.45, 7) is 4.86. The van der Waals surface area contributed by atoms with E-state index < -0.39 is 0 Å². The van der Waals surface area contributed by atoms with Crippen LogP contribution in [0.1, 0.15) is 11.4 Å². The minimum atomic E-state index is 0.537. The van der Waals surface area contributed by atoms with E-state index in [0.29, 0.717) is 6.04 Å². The van der Waals surface area contributed by atoms with Crippen molar-refractivity contribution in [1.82, 2.24) is 24.3 Å². The Balaban J connectivity index is 1.38. The van der Waals surface area contributed by atoms with Gasteiger partial charge in [-0.2, -0.15) is 0 Å². The number of likely N-dealkylation sites (N-methyl/N-ethyl adjacent to an activating group) is 1.